The number of nitrogen functional groups attached to an aromatic ring is 1. The summed E-state index contributed by atoms with van der Waals surface area (Å²) in [7, 11) is 0. The Morgan fingerprint density at radius 3 is 2.71 bits per heavy atom. The first-order valence-corrected chi connectivity index (χ1v) is 6.15. The van der Waals surface area contributed by atoms with Crippen molar-refractivity contribution in [2.45, 2.75) is 13.3 Å². The number of hydrogen-bond donors (Lipinski definition) is 3. The Morgan fingerprint density at radius 2 is 2.12 bits per heavy atom. The molecule has 4 nitrogen and oxygen atoms in total. The van der Waals surface area contributed by atoms with Gasteiger partial charge in [-0.1, -0.05) is 6.92 Å². The van der Waals surface area contributed by atoms with E-state index in [0.717, 1.165) is 43.9 Å². The molecule has 0 atom stereocenters. The van der Waals surface area contributed by atoms with Crippen LogP contribution in [0.15, 0.2) is 18.2 Å². The molecule has 0 amide bonds. The van der Waals surface area contributed by atoms with Crippen LogP contribution in [0.3, 0.4) is 0 Å². The van der Waals surface area contributed by atoms with Crippen molar-refractivity contribution in [1.29, 1.82) is 5.41 Å². The van der Waals surface area contributed by atoms with Gasteiger partial charge >= 0.3 is 0 Å². The minimum absolute atomic E-state index is 0.606. The molecule has 0 radical (unpaired) electrons. The van der Waals surface area contributed by atoms with Crippen molar-refractivity contribution in [3.05, 3.63) is 23.8 Å². The highest BCUT2D eigenvalue weighted by Gasteiger charge is 2.12. The van der Waals surface area contributed by atoms with Crippen LogP contribution in [-0.4, -0.2) is 31.9 Å². The molecule has 0 saturated carbocycles. The Labute approximate surface area is 102 Å². The maximum atomic E-state index is 7.83. The molecule has 0 unspecified atom stereocenters. The molecule has 2 rings (SSSR count). The molecule has 1 heterocycles. The standard InChI is InChI=1S/C13H20N4/c1-2-12(14)11-4-3-10(9-13(11)15)17-7-5-16-6-8-17/h3-4,9,14,16H,2,5-8,15H2,1H3. The highest BCUT2D eigenvalue weighted by atomic mass is 15.2. The molecule has 1 fully saturated rings. The Balaban J connectivity index is 2.20. The van der Waals surface area contributed by atoms with Crippen molar-refractivity contribution in [3.63, 3.8) is 0 Å². The number of benzene rings is 1. The van der Waals surface area contributed by atoms with Crippen LogP contribution in [0.2, 0.25) is 0 Å². The third-order valence-corrected chi connectivity index (χ3v) is 3.20. The van der Waals surface area contributed by atoms with Crippen molar-refractivity contribution >= 4 is 17.1 Å². The summed E-state index contributed by atoms with van der Waals surface area (Å²) in [6.45, 7) is 6.05. The lowest BCUT2D eigenvalue weighted by molar-refractivity contribution is 0.589. The molecule has 0 spiro atoms. The van der Waals surface area contributed by atoms with Crippen molar-refractivity contribution < 1.29 is 0 Å². The summed E-state index contributed by atoms with van der Waals surface area (Å²) in [6.07, 6.45) is 0.719. The van der Waals surface area contributed by atoms with Crippen LogP contribution in [0.25, 0.3) is 0 Å². The number of nitrogens with one attached hydrogen (secondary N) is 2. The minimum Gasteiger partial charge on any atom is -0.398 e. The van der Waals surface area contributed by atoms with E-state index in [9.17, 15) is 0 Å². The molecule has 4 N–H and O–H groups in total. The Kier molecular flexibility index (Phi) is 3.64. The van der Waals surface area contributed by atoms with E-state index in [1.54, 1.807) is 0 Å². The lowest BCUT2D eigenvalue weighted by Crippen LogP contribution is -2.43. The molecule has 92 valence electrons. The van der Waals surface area contributed by atoms with Crippen molar-refractivity contribution in [2.24, 2.45) is 0 Å². The molecular formula is C13H20N4. The maximum absolute atomic E-state index is 7.83. The topological polar surface area (TPSA) is 65.1 Å². The van der Waals surface area contributed by atoms with Crippen LogP contribution in [0.4, 0.5) is 11.4 Å². The third kappa shape index (κ3) is 2.58. The van der Waals surface area contributed by atoms with Crippen LogP contribution in [0.5, 0.6) is 0 Å². The highest BCUT2D eigenvalue weighted by Crippen LogP contribution is 2.22. The van der Waals surface area contributed by atoms with E-state index < -0.39 is 0 Å². The third-order valence-electron chi connectivity index (χ3n) is 3.20. The summed E-state index contributed by atoms with van der Waals surface area (Å²) in [6, 6.07) is 6.03. The van der Waals surface area contributed by atoms with E-state index in [-0.39, 0.29) is 0 Å². The van der Waals surface area contributed by atoms with Crippen molar-refractivity contribution in [2.75, 3.05) is 36.8 Å². The van der Waals surface area contributed by atoms with Gasteiger partial charge in [-0.3, -0.25) is 0 Å². The summed E-state index contributed by atoms with van der Waals surface area (Å²) in [4.78, 5) is 2.33. The van der Waals surface area contributed by atoms with Gasteiger partial charge in [0.05, 0.1) is 0 Å². The second-order valence-electron chi connectivity index (χ2n) is 4.34. The molecule has 1 saturated heterocycles. The summed E-state index contributed by atoms with van der Waals surface area (Å²) in [5.41, 5.74) is 9.37. The van der Waals surface area contributed by atoms with Gasteiger partial charge in [0.25, 0.3) is 0 Å². The number of piperazine rings is 1. The van der Waals surface area contributed by atoms with Gasteiger partial charge in [0.1, 0.15) is 0 Å². The molecule has 1 aliphatic rings. The summed E-state index contributed by atoms with van der Waals surface area (Å²) < 4.78 is 0. The molecular weight excluding hydrogens is 212 g/mol. The van der Waals surface area contributed by atoms with Crippen LogP contribution >= 0.6 is 0 Å². The van der Waals surface area contributed by atoms with E-state index >= 15 is 0 Å². The second kappa shape index (κ2) is 5.19. The van der Waals surface area contributed by atoms with Crippen LogP contribution in [0.1, 0.15) is 18.9 Å². The van der Waals surface area contributed by atoms with Gasteiger partial charge in [-0.05, 0) is 24.6 Å². The van der Waals surface area contributed by atoms with Gasteiger partial charge in [0.2, 0.25) is 0 Å². The van der Waals surface area contributed by atoms with E-state index in [0.29, 0.717) is 11.4 Å². The summed E-state index contributed by atoms with van der Waals surface area (Å²) in [5.74, 6) is 0. The molecule has 1 aromatic carbocycles. The first-order valence-electron chi connectivity index (χ1n) is 6.15. The minimum atomic E-state index is 0.606. The van der Waals surface area contributed by atoms with Crippen LogP contribution < -0.4 is 16.0 Å². The highest BCUT2D eigenvalue weighted by molar-refractivity contribution is 6.02. The zero-order chi connectivity index (χ0) is 12.3. The first kappa shape index (κ1) is 11.9. The van der Waals surface area contributed by atoms with Gasteiger partial charge in [0.15, 0.2) is 0 Å². The zero-order valence-corrected chi connectivity index (χ0v) is 10.3. The largest absolute Gasteiger partial charge is 0.398 e. The Hall–Kier alpha value is -1.55. The SMILES string of the molecule is CCC(=N)c1ccc(N2CCNCC2)cc1N. The number of nitrogens with zero attached hydrogens (tertiary/aromatic N) is 1. The number of anilines is 2. The predicted molar refractivity (Wildman–Crippen MR) is 73.1 cm³/mol. The molecule has 1 aromatic rings. The van der Waals surface area contributed by atoms with Gasteiger partial charge in [-0.15, -0.1) is 0 Å². The van der Waals surface area contributed by atoms with Crippen LogP contribution in [-0.2, 0) is 0 Å². The predicted octanol–water partition coefficient (Wildman–Crippen LogP) is 1.46. The summed E-state index contributed by atoms with van der Waals surface area (Å²) >= 11 is 0. The average Bonchev–Trinajstić information content (AvgIpc) is 2.39. The molecule has 0 aromatic heterocycles. The van der Waals surface area contributed by atoms with E-state index in [1.807, 2.05) is 19.1 Å². The van der Waals surface area contributed by atoms with Crippen LogP contribution in [0, 0.1) is 5.41 Å². The lowest BCUT2D eigenvalue weighted by Gasteiger charge is -2.29. The average molecular weight is 232 g/mol. The van der Waals surface area contributed by atoms with Gasteiger partial charge in [-0.2, -0.15) is 0 Å². The fourth-order valence-electron chi connectivity index (χ4n) is 2.14. The normalized spacial score (nSPS) is 15.9. The molecule has 0 aliphatic carbocycles. The monoisotopic (exact) mass is 232 g/mol. The molecule has 0 bridgehead atoms. The smallest absolute Gasteiger partial charge is 0.0426 e. The number of hydrogen-bond acceptors (Lipinski definition) is 4. The number of nitrogens with two attached hydrogens (primary N) is 1. The molecule has 17 heavy (non-hydrogen) atoms. The maximum Gasteiger partial charge on any atom is 0.0426 e. The fraction of sp³-hybridized carbons (Fsp3) is 0.462. The Bertz CT molecular complexity index is 408. The summed E-state index contributed by atoms with van der Waals surface area (Å²) in [5, 5.41) is 11.2. The van der Waals surface area contributed by atoms with E-state index in [1.165, 1.54) is 0 Å². The zero-order valence-electron chi connectivity index (χ0n) is 10.3. The Morgan fingerprint density at radius 1 is 1.41 bits per heavy atom. The first-order chi connectivity index (χ1) is 8.22. The number of rotatable bonds is 3. The lowest BCUT2D eigenvalue weighted by atomic mass is 10.0. The molecule has 1 aliphatic heterocycles. The fourth-order valence-corrected chi connectivity index (χ4v) is 2.14. The van der Waals surface area contributed by atoms with Gasteiger partial charge in [-0.25, -0.2) is 0 Å². The van der Waals surface area contributed by atoms with Crippen molar-refractivity contribution in [3.8, 4) is 0 Å². The second-order valence-corrected chi connectivity index (χ2v) is 4.34. The van der Waals surface area contributed by atoms with Crippen molar-refractivity contribution in [1.82, 2.24) is 5.32 Å². The molecule has 4 heteroatoms. The van der Waals surface area contributed by atoms with Gasteiger partial charge < -0.3 is 21.4 Å². The van der Waals surface area contributed by atoms with Gasteiger partial charge in [0, 0.05) is 48.8 Å². The van der Waals surface area contributed by atoms with E-state index in [2.05, 4.69) is 16.3 Å². The quantitative estimate of drug-likeness (QED) is 0.546. The van der Waals surface area contributed by atoms with E-state index in [4.69, 9.17) is 11.1 Å².